The smallest absolute Gasteiger partial charge is 0.247 e. The summed E-state index contributed by atoms with van der Waals surface area (Å²) in [5, 5.41) is 0.689. The molecule has 0 spiro atoms. The van der Waals surface area contributed by atoms with E-state index in [0.29, 0.717) is 29.6 Å². The maximum absolute atomic E-state index is 6.11. The number of aromatic amines is 1. The fraction of sp³-hybridized carbons (Fsp3) is 0.250. The van der Waals surface area contributed by atoms with Crippen molar-refractivity contribution in [3.8, 4) is 28.6 Å². The maximum atomic E-state index is 6.11. The van der Waals surface area contributed by atoms with Gasteiger partial charge < -0.3 is 14.1 Å². The summed E-state index contributed by atoms with van der Waals surface area (Å²) in [5.74, 6) is 3.07. The molecular weight excluding hydrogens is 398 g/mol. The van der Waals surface area contributed by atoms with Crippen LogP contribution in [0.25, 0.3) is 22.8 Å². The lowest BCUT2D eigenvalue weighted by molar-refractivity contribution is 0.304. The summed E-state index contributed by atoms with van der Waals surface area (Å²) in [4.78, 5) is 12.2. The predicted molar refractivity (Wildman–Crippen MR) is 119 cm³/mol. The quantitative estimate of drug-likeness (QED) is 0.354. The van der Waals surface area contributed by atoms with Crippen LogP contribution in [0.15, 0.2) is 53.1 Å². The summed E-state index contributed by atoms with van der Waals surface area (Å²) in [6.45, 7) is 6.67. The summed E-state index contributed by atoms with van der Waals surface area (Å²) >= 11 is 6.05. The Balaban J connectivity index is 1.52. The van der Waals surface area contributed by atoms with Gasteiger partial charge in [-0.15, -0.1) is 0 Å². The third kappa shape index (κ3) is 4.41. The Kier molecular flexibility index (Phi) is 5.91. The molecule has 0 aliphatic carbocycles. The van der Waals surface area contributed by atoms with Crippen LogP contribution in [0.4, 0.5) is 0 Å². The van der Waals surface area contributed by atoms with Crippen LogP contribution in [-0.2, 0) is 6.42 Å². The summed E-state index contributed by atoms with van der Waals surface area (Å²) in [5.41, 5.74) is 4.88. The van der Waals surface area contributed by atoms with E-state index in [9.17, 15) is 0 Å². The number of benzene rings is 2. The molecule has 4 aromatic rings. The van der Waals surface area contributed by atoms with Crippen molar-refractivity contribution >= 4 is 11.6 Å². The largest absolute Gasteiger partial charge is 0.493 e. The van der Waals surface area contributed by atoms with Crippen molar-refractivity contribution < 1.29 is 9.15 Å². The molecule has 1 N–H and O–H groups in total. The molecule has 154 valence electrons. The zero-order valence-corrected chi connectivity index (χ0v) is 18.1. The number of halogens is 1. The van der Waals surface area contributed by atoms with Gasteiger partial charge >= 0.3 is 0 Å². The molecule has 0 aliphatic rings. The lowest BCUT2D eigenvalue weighted by Gasteiger charge is -2.10. The van der Waals surface area contributed by atoms with Gasteiger partial charge in [0.05, 0.1) is 6.61 Å². The van der Waals surface area contributed by atoms with Gasteiger partial charge in [0.15, 0.2) is 0 Å². The SMILES string of the molecule is Cc1nc(-c2nc(-c3ccc(Cl)cc3)c(CCCOc3cccc(C)c3C)o2)c[nH]1. The van der Waals surface area contributed by atoms with Gasteiger partial charge in [-0.05, 0) is 56.5 Å². The maximum Gasteiger partial charge on any atom is 0.247 e. The van der Waals surface area contributed by atoms with E-state index in [1.807, 2.05) is 43.3 Å². The van der Waals surface area contributed by atoms with Crippen LogP contribution in [0.2, 0.25) is 5.02 Å². The van der Waals surface area contributed by atoms with Crippen LogP contribution in [0.1, 0.15) is 29.1 Å². The average molecular weight is 422 g/mol. The van der Waals surface area contributed by atoms with Gasteiger partial charge in [0, 0.05) is 23.2 Å². The molecule has 4 rings (SSSR count). The highest BCUT2D eigenvalue weighted by atomic mass is 35.5. The van der Waals surface area contributed by atoms with Crippen LogP contribution >= 0.6 is 11.6 Å². The molecule has 0 saturated carbocycles. The van der Waals surface area contributed by atoms with Gasteiger partial charge in [0.25, 0.3) is 0 Å². The molecule has 0 radical (unpaired) electrons. The number of oxazole rings is 1. The van der Waals surface area contributed by atoms with E-state index in [0.717, 1.165) is 35.0 Å². The molecule has 0 fully saturated rings. The highest BCUT2D eigenvalue weighted by Crippen LogP contribution is 2.30. The highest BCUT2D eigenvalue weighted by molar-refractivity contribution is 6.30. The third-order valence-corrected chi connectivity index (χ3v) is 5.35. The van der Waals surface area contributed by atoms with Gasteiger partial charge in [-0.3, -0.25) is 0 Å². The fourth-order valence-electron chi connectivity index (χ4n) is 3.29. The summed E-state index contributed by atoms with van der Waals surface area (Å²) < 4.78 is 12.1. The van der Waals surface area contributed by atoms with Crippen LogP contribution in [0, 0.1) is 20.8 Å². The van der Waals surface area contributed by atoms with E-state index in [-0.39, 0.29) is 0 Å². The number of nitrogens with one attached hydrogen (secondary N) is 1. The van der Waals surface area contributed by atoms with Gasteiger partial charge in [-0.2, -0.15) is 0 Å². The summed E-state index contributed by atoms with van der Waals surface area (Å²) in [7, 11) is 0. The average Bonchev–Trinajstić information content (AvgIpc) is 3.35. The van der Waals surface area contributed by atoms with Gasteiger partial charge in [-0.1, -0.05) is 35.9 Å². The second kappa shape index (κ2) is 8.76. The monoisotopic (exact) mass is 421 g/mol. The standard InChI is InChI=1S/C24H24ClN3O2/c1-15-6-4-7-21(16(15)2)29-13-5-8-22-23(18-9-11-19(25)12-10-18)28-24(30-22)20-14-26-17(3)27-20/h4,6-7,9-12,14H,5,8,13H2,1-3H3,(H,26,27). The molecule has 2 aromatic carbocycles. The third-order valence-electron chi connectivity index (χ3n) is 5.10. The number of hydrogen-bond acceptors (Lipinski definition) is 4. The van der Waals surface area contributed by atoms with Crippen molar-refractivity contribution in [1.29, 1.82) is 0 Å². The molecule has 0 unspecified atom stereocenters. The molecule has 0 bridgehead atoms. The van der Waals surface area contributed by atoms with E-state index in [2.05, 4.69) is 29.9 Å². The minimum absolute atomic E-state index is 0.509. The van der Waals surface area contributed by atoms with Crippen molar-refractivity contribution in [3.05, 3.63) is 76.4 Å². The first-order chi connectivity index (χ1) is 14.5. The number of rotatable bonds is 7. The minimum atomic E-state index is 0.509. The minimum Gasteiger partial charge on any atom is -0.493 e. The first kappa shape index (κ1) is 20.2. The number of imidazole rings is 1. The molecule has 0 aliphatic heterocycles. The number of ether oxygens (including phenoxy) is 1. The van der Waals surface area contributed by atoms with E-state index < -0.39 is 0 Å². The Bertz CT molecular complexity index is 1150. The number of aryl methyl sites for hydroxylation is 3. The van der Waals surface area contributed by atoms with Crippen molar-refractivity contribution in [3.63, 3.8) is 0 Å². The molecule has 0 atom stereocenters. The predicted octanol–water partition coefficient (Wildman–Crippen LogP) is 6.32. The first-order valence-electron chi connectivity index (χ1n) is 9.98. The Morgan fingerprint density at radius 1 is 1.03 bits per heavy atom. The normalized spacial score (nSPS) is 11.1. The molecule has 2 heterocycles. The topological polar surface area (TPSA) is 63.9 Å². The lowest BCUT2D eigenvalue weighted by Crippen LogP contribution is -2.01. The van der Waals surface area contributed by atoms with Crippen molar-refractivity contribution in [2.24, 2.45) is 0 Å². The van der Waals surface area contributed by atoms with Crippen LogP contribution < -0.4 is 4.74 Å². The first-order valence-corrected chi connectivity index (χ1v) is 10.4. The number of hydrogen-bond donors (Lipinski definition) is 1. The van der Waals surface area contributed by atoms with Gasteiger partial charge in [0.1, 0.15) is 28.7 Å². The Morgan fingerprint density at radius 2 is 1.83 bits per heavy atom. The van der Waals surface area contributed by atoms with Crippen molar-refractivity contribution in [2.75, 3.05) is 6.61 Å². The zero-order chi connectivity index (χ0) is 21.1. The second-order valence-corrected chi connectivity index (χ2v) is 7.76. The van der Waals surface area contributed by atoms with Crippen LogP contribution in [0.5, 0.6) is 5.75 Å². The van der Waals surface area contributed by atoms with Crippen molar-refractivity contribution in [2.45, 2.75) is 33.6 Å². The second-order valence-electron chi connectivity index (χ2n) is 7.32. The fourth-order valence-corrected chi connectivity index (χ4v) is 3.41. The van der Waals surface area contributed by atoms with Crippen LogP contribution in [0.3, 0.4) is 0 Å². The van der Waals surface area contributed by atoms with E-state index in [4.69, 9.17) is 25.7 Å². The van der Waals surface area contributed by atoms with E-state index >= 15 is 0 Å². The molecule has 2 aromatic heterocycles. The molecule has 30 heavy (non-hydrogen) atoms. The zero-order valence-electron chi connectivity index (χ0n) is 17.3. The Hall–Kier alpha value is -3.05. The van der Waals surface area contributed by atoms with Gasteiger partial charge in [0.2, 0.25) is 5.89 Å². The Labute approximate surface area is 181 Å². The van der Waals surface area contributed by atoms with E-state index in [1.165, 1.54) is 11.1 Å². The number of H-pyrrole nitrogens is 1. The molecule has 5 nitrogen and oxygen atoms in total. The Morgan fingerprint density at radius 3 is 2.57 bits per heavy atom. The molecular formula is C24H24ClN3O2. The van der Waals surface area contributed by atoms with Crippen LogP contribution in [-0.4, -0.2) is 21.6 Å². The lowest BCUT2D eigenvalue weighted by atomic mass is 10.1. The van der Waals surface area contributed by atoms with Gasteiger partial charge in [-0.25, -0.2) is 9.97 Å². The summed E-state index contributed by atoms with van der Waals surface area (Å²) in [6, 6.07) is 13.7. The molecule has 6 heteroatoms. The molecule has 0 amide bonds. The van der Waals surface area contributed by atoms with Crippen molar-refractivity contribution in [1.82, 2.24) is 15.0 Å². The highest BCUT2D eigenvalue weighted by Gasteiger charge is 2.18. The van der Waals surface area contributed by atoms with E-state index in [1.54, 1.807) is 6.20 Å². The number of nitrogens with zero attached hydrogens (tertiary/aromatic N) is 2. The summed E-state index contributed by atoms with van der Waals surface area (Å²) in [6.07, 6.45) is 3.32. The molecule has 0 saturated heterocycles. The number of aromatic nitrogens is 3.